The molecule has 9 heteroatoms. The highest BCUT2D eigenvalue weighted by Gasteiger charge is 2.36. The zero-order valence-corrected chi connectivity index (χ0v) is 17.2. The number of thioether (sulfide) groups is 1. The van der Waals surface area contributed by atoms with Gasteiger partial charge in [-0.25, -0.2) is 0 Å². The summed E-state index contributed by atoms with van der Waals surface area (Å²) in [6, 6.07) is 9.48. The molecule has 0 spiro atoms. The number of hydrogen-bond donors (Lipinski definition) is 0. The van der Waals surface area contributed by atoms with Gasteiger partial charge in [0.25, 0.3) is 5.91 Å². The number of ether oxygens (including phenoxy) is 2. The number of hydrogen-bond acceptors (Lipinski definition) is 5. The Bertz CT molecular complexity index is 1070. The fraction of sp³-hybridized carbons (Fsp3) is 0.143. The molecule has 1 aliphatic heterocycles. The Morgan fingerprint density at radius 3 is 2.67 bits per heavy atom. The van der Waals surface area contributed by atoms with Gasteiger partial charge in [0.1, 0.15) is 6.61 Å². The van der Waals surface area contributed by atoms with Crippen LogP contribution in [0.2, 0.25) is 0 Å². The minimum absolute atomic E-state index is 0.0614. The Hall–Kier alpha value is -2.96. The lowest BCUT2D eigenvalue weighted by molar-refractivity contribution is -0.137. The summed E-state index contributed by atoms with van der Waals surface area (Å²) in [4.78, 5) is 14.2. The Morgan fingerprint density at radius 1 is 1.23 bits per heavy atom. The molecular weight excluding hydrogens is 435 g/mol. The first-order valence-electron chi connectivity index (χ1n) is 8.44. The summed E-state index contributed by atoms with van der Waals surface area (Å²) in [6.45, 7) is 0.0748. The molecule has 0 unspecified atom stereocenters. The minimum atomic E-state index is -4.52. The molecule has 2 aromatic rings. The number of alkyl halides is 3. The Kier molecular flexibility index (Phi) is 6.39. The summed E-state index contributed by atoms with van der Waals surface area (Å²) in [5, 5.41) is 0. The smallest absolute Gasteiger partial charge is 0.416 e. The SMILES string of the molecule is C#CCOc1ccc(/C=C2/SC(=S)N(c3cccc(C(F)(F)F)c3)C2=O)cc1OC. The van der Waals surface area contributed by atoms with Crippen LogP contribution in [-0.2, 0) is 11.0 Å². The summed E-state index contributed by atoms with van der Waals surface area (Å²) < 4.78 is 49.8. The van der Waals surface area contributed by atoms with Gasteiger partial charge in [-0.2, -0.15) is 13.2 Å². The monoisotopic (exact) mass is 449 g/mol. The van der Waals surface area contributed by atoms with Gasteiger partial charge in [-0.1, -0.05) is 42.0 Å². The van der Waals surface area contributed by atoms with Crippen LogP contribution in [0.3, 0.4) is 0 Å². The number of benzene rings is 2. The van der Waals surface area contributed by atoms with Gasteiger partial charge in [-0.05, 0) is 42.0 Å². The molecule has 0 saturated carbocycles. The number of methoxy groups -OCH3 is 1. The van der Waals surface area contributed by atoms with Crippen molar-refractivity contribution in [2.45, 2.75) is 6.18 Å². The molecule has 0 aliphatic carbocycles. The molecule has 1 amide bonds. The topological polar surface area (TPSA) is 38.8 Å². The zero-order valence-electron chi connectivity index (χ0n) is 15.5. The summed E-state index contributed by atoms with van der Waals surface area (Å²) >= 11 is 6.23. The van der Waals surface area contributed by atoms with Gasteiger partial charge < -0.3 is 9.47 Å². The first kappa shape index (κ1) is 21.7. The van der Waals surface area contributed by atoms with Crippen LogP contribution >= 0.6 is 24.0 Å². The van der Waals surface area contributed by atoms with E-state index in [2.05, 4.69) is 5.92 Å². The third-order valence-corrected chi connectivity index (χ3v) is 5.32. The molecule has 0 N–H and O–H groups in total. The summed E-state index contributed by atoms with van der Waals surface area (Å²) in [5.74, 6) is 2.73. The molecule has 2 aromatic carbocycles. The molecule has 4 nitrogen and oxygen atoms in total. The van der Waals surface area contributed by atoms with E-state index in [9.17, 15) is 18.0 Å². The van der Waals surface area contributed by atoms with Crippen molar-refractivity contribution in [1.29, 1.82) is 0 Å². The summed E-state index contributed by atoms with van der Waals surface area (Å²) in [6.07, 6.45) is 2.25. The van der Waals surface area contributed by atoms with Crippen molar-refractivity contribution >= 4 is 46.0 Å². The van der Waals surface area contributed by atoms with E-state index in [0.29, 0.717) is 17.1 Å². The number of thiocarbonyl (C=S) groups is 1. The van der Waals surface area contributed by atoms with Gasteiger partial charge in [0.15, 0.2) is 15.8 Å². The van der Waals surface area contributed by atoms with Crippen LogP contribution in [0.25, 0.3) is 6.08 Å². The lowest BCUT2D eigenvalue weighted by atomic mass is 10.1. The average molecular weight is 449 g/mol. The fourth-order valence-electron chi connectivity index (χ4n) is 2.68. The van der Waals surface area contributed by atoms with Crippen LogP contribution in [0.15, 0.2) is 47.4 Å². The molecule has 0 bridgehead atoms. The van der Waals surface area contributed by atoms with E-state index in [1.54, 1.807) is 24.3 Å². The first-order chi connectivity index (χ1) is 14.2. The van der Waals surface area contributed by atoms with Gasteiger partial charge in [0.05, 0.1) is 23.3 Å². The Labute approximate surface area is 180 Å². The van der Waals surface area contributed by atoms with Gasteiger partial charge >= 0.3 is 6.18 Å². The van der Waals surface area contributed by atoms with E-state index >= 15 is 0 Å². The number of carbonyl (C=O) groups is 1. The van der Waals surface area contributed by atoms with Crippen LogP contribution in [0.4, 0.5) is 18.9 Å². The maximum Gasteiger partial charge on any atom is 0.416 e. The number of nitrogens with zero attached hydrogens (tertiary/aromatic N) is 1. The maximum absolute atomic E-state index is 13.0. The van der Waals surface area contributed by atoms with E-state index in [-0.39, 0.29) is 21.5 Å². The highest BCUT2D eigenvalue weighted by Crippen LogP contribution is 2.39. The van der Waals surface area contributed by atoms with Crippen LogP contribution in [-0.4, -0.2) is 23.9 Å². The fourth-order valence-corrected chi connectivity index (χ4v) is 3.97. The molecule has 1 aliphatic rings. The van der Waals surface area contributed by atoms with Gasteiger partial charge in [-0.3, -0.25) is 9.69 Å². The van der Waals surface area contributed by atoms with Crippen LogP contribution in [0, 0.1) is 12.3 Å². The second kappa shape index (κ2) is 8.81. The van der Waals surface area contributed by atoms with Crippen molar-refractivity contribution in [3.63, 3.8) is 0 Å². The molecule has 0 radical (unpaired) electrons. The van der Waals surface area contributed by atoms with Crippen LogP contribution in [0.5, 0.6) is 11.5 Å². The average Bonchev–Trinajstić information content (AvgIpc) is 2.99. The van der Waals surface area contributed by atoms with Crippen molar-refractivity contribution < 1.29 is 27.4 Å². The third-order valence-electron chi connectivity index (χ3n) is 4.02. The molecule has 1 fully saturated rings. The highest BCUT2D eigenvalue weighted by atomic mass is 32.2. The molecule has 1 saturated heterocycles. The quantitative estimate of drug-likeness (QED) is 0.359. The number of rotatable bonds is 5. The van der Waals surface area contributed by atoms with E-state index in [1.165, 1.54) is 19.2 Å². The lowest BCUT2D eigenvalue weighted by Gasteiger charge is -2.16. The molecule has 30 heavy (non-hydrogen) atoms. The minimum Gasteiger partial charge on any atom is -0.493 e. The van der Waals surface area contributed by atoms with Crippen molar-refractivity contribution in [3.05, 3.63) is 58.5 Å². The van der Waals surface area contributed by atoms with E-state index in [1.807, 2.05) is 0 Å². The number of terminal acetylenes is 1. The molecule has 0 atom stereocenters. The van der Waals surface area contributed by atoms with E-state index < -0.39 is 17.6 Å². The lowest BCUT2D eigenvalue weighted by Crippen LogP contribution is -2.27. The number of halogens is 3. The molecule has 3 rings (SSSR count). The van der Waals surface area contributed by atoms with Crippen molar-refractivity contribution in [3.8, 4) is 23.8 Å². The van der Waals surface area contributed by atoms with Gasteiger partial charge in [0.2, 0.25) is 0 Å². The van der Waals surface area contributed by atoms with Gasteiger partial charge in [0, 0.05) is 0 Å². The van der Waals surface area contributed by atoms with Crippen molar-refractivity contribution in [2.24, 2.45) is 0 Å². The highest BCUT2D eigenvalue weighted by molar-refractivity contribution is 8.27. The van der Waals surface area contributed by atoms with Crippen molar-refractivity contribution in [2.75, 3.05) is 18.6 Å². The standard InChI is InChI=1S/C21H14F3NO3S2/c1-3-9-28-16-8-7-13(10-17(16)27-2)11-18-19(26)25(20(29)30-18)15-6-4-5-14(12-15)21(22,23)24/h1,4-8,10-12H,9H2,2H3/b18-11+. The van der Waals surface area contributed by atoms with Crippen LogP contribution < -0.4 is 14.4 Å². The predicted molar refractivity (Wildman–Crippen MR) is 114 cm³/mol. The summed E-state index contributed by atoms with van der Waals surface area (Å²) in [5.41, 5.74) is -0.166. The maximum atomic E-state index is 13.0. The molecule has 1 heterocycles. The summed E-state index contributed by atoms with van der Waals surface area (Å²) in [7, 11) is 1.47. The zero-order chi connectivity index (χ0) is 21.9. The third kappa shape index (κ3) is 4.61. The second-order valence-electron chi connectivity index (χ2n) is 5.97. The van der Waals surface area contributed by atoms with Gasteiger partial charge in [-0.15, -0.1) is 6.42 Å². The van der Waals surface area contributed by atoms with E-state index in [0.717, 1.165) is 28.8 Å². The number of amides is 1. The molecule has 154 valence electrons. The predicted octanol–water partition coefficient (Wildman–Crippen LogP) is 5.13. The number of anilines is 1. The largest absolute Gasteiger partial charge is 0.493 e. The number of carbonyl (C=O) groups excluding carboxylic acids is 1. The van der Waals surface area contributed by atoms with E-state index in [4.69, 9.17) is 28.1 Å². The van der Waals surface area contributed by atoms with Crippen LogP contribution in [0.1, 0.15) is 11.1 Å². The normalized spacial score (nSPS) is 15.4. The molecule has 0 aromatic heterocycles. The Morgan fingerprint density at radius 2 is 2.00 bits per heavy atom. The van der Waals surface area contributed by atoms with Crippen molar-refractivity contribution in [1.82, 2.24) is 0 Å². The molecular formula is C21H14F3NO3S2. The second-order valence-corrected chi connectivity index (χ2v) is 7.64. The Balaban J connectivity index is 1.90. The first-order valence-corrected chi connectivity index (χ1v) is 9.66.